The summed E-state index contributed by atoms with van der Waals surface area (Å²) in [6, 6.07) is 9.79. The highest BCUT2D eigenvalue weighted by Gasteiger charge is 2.54. The van der Waals surface area contributed by atoms with Gasteiger partial charge in [-0.3, -0.25) is 0 Å². The summed E-state index contributed by atoms with van der Waals surface area (Å²) < 4.78 is 2.06. The maximum Gasteiger partial charge on any atom is 0.397 e. The fourth-order valence-electron chi connectivity index (χ4n) is 4.12. The van der Waals surface area contributed by atoms with Crippen molar-refractivity contribution < 1.29 is 26.7 Å². The van der Waals surface area contributed by atoms with Crippen molar-refractivity contribution in [2.75, 3.05) is 4.90 Å². The van der Waals surface area contributed by atoms with Crippen LogP contribution in [0.15, 0.2) is 42.7 Å². The average molecular weight is 425 g/mol. The molecule has 1 N–H and O–H groups in total. The second kappa shape index (κ2) is 7.60. The first kappa shape index (κ1) is 18.6. The SMILES string of the molecule is O[C@@]1(c2ccc(Cl)cc2)C[n+]2cccnc2N1C1CCCCCC1.[Br-]. The normalized spacial score (nSPS) is 23.7. The lowest BCUT2D eigenvalue weighted by molar-refractivity contribution is -0.685. The van der Waals surface area contributed by atoms with Gasteiger partial charge in [0.25, 0.3) is 0 Å². The number of benzene rings is 1. The molecule has 2 aliphatic rings. The highest BCUT2D eigenvalue weighted by Crippen LogP contribution is 2.39. The molecule has 0 radical (unpaired) electrons. The standard InChI is InChI=1S/C19H23ClN3O.BrH/c20-16-10-8-15(9-11-16)19(24)14-22-13-5-12-21-18(22)23(19)17-6-3-1-2-4-7-17;/h5,8-13,17,24H,1-4,6-7,14H2;1H/q+1;/p-1/t19-;/m1./s1. The molecule has 1 aliphatic carbocycles. The van der Waals surface area contributed by atoms with E-state index in [9.17, 15) is 5.11 Å². The highest BCUT2D eigenvalue weighted by atomic mass is 79.9. The van der Waals surface area contributed by atoms with Crippen LogP contribution >= 0.6 is 11.6 Å². The Morgan fingerprint density at radius 1 is 1.12 bits per heavy atom. The van der Waals surface area contributed by atoms with E-state index in [4.69, 9.17) is 11.6 Å². The van der Waals surface area contributed by atoms with Gasteiger partial charge in [0, 0.05) is 16.7 Å². The Morgan fingerprint density at radius 3 is 2.48 bits per heavy atom. The molecule has 25 heavy (non-hydrogen) atoms. The first-order chi connectivity index (χ1) is 11.7. The molecule has 0 bridgehead atoms. The summed E-state index contributed by atoms with van der Waals surface area (Å²) in [7, 11) is 0. The first-order valence-corrected chi connectivity index (χ1v) is 9.18. The Morgan fingerprint density at radius 2 is 1.80 bits per heavy atom. The topological polar surface area (TPSA) is 40.2 Å². The zero-order valence-corrected chi connectivity index (χ0v) is 16.5. The third kappa shape index (κ3) is 3.42. The maximum atomic E-state index is 11.7. The molecule has 4 rings (SSSR count). The third-order valence-corrected chi connectivity index (χ3v) is 5.55. The van der Waals surface area contributed by atoms with Crippen LogP contribution in [-0.4, -0.2) is 16.1 Å². The number of anilines is 1. The molecule has 1 aromatic heterocycles. The molecule has 0 spiro atoms. The first-order valence-electron chi connectivity index (χ1n) is 8.81. The Hall–Kier alpha value is -1.17. The number of nitrogens with zero attached hydrogens (tertiary/aromatic N) is 3. The Kier molecular flexibility index (Phi) is 5.66. The van der Waals surface area contributed by atoms with E-state index in [1.54, 1.807) is 0 Å². The maximum absolute atomic E-state index is 11.7. The molecule has 1 atom stereocenters. The van der Waals surface area contributed by atoms with Gasteiger partial charge in [-0.05, 0) is 25.0 Å². The van der Waals surface area contributed by atoms with Crippen LogP contribution in [-0.2, 0) is 12.3 Å². The quantitative estimate of drug-likeness (QED) is 0.561. The van der Waals surface area contributed by atoms with Crippen molar-refractivity contribution in [1.29, 1.82) is 0 Å². The van der Waals surface area contributed by atoms with Gasteiger partial charge in [0.2, 0.25) is 5.72 Å². The summed E-state index contributed by atoms with van der Waals surface area (Å²) in [4.78, 5) is 6.74. The zero-order chi connectivity index (χ0) is 16.6. The van der Waals surface area contributed by atoms with Gasteiger partial charge in [-0.15, -0.1) is 0 Å². The minimum absolute atomic E-state index is 0. The summed E-state index contributed by atoms with van der Waals surface area (Å²) in [5, 5.41) is 12.4. The van der Waals surface area contributed by atoms with Crippen molar-refractivity contribution in [3.05, 3.63) is 53.3 Å². The smallest absolute Gasteiger partial charge is 0.397 e. The lowest BCUT2D eigenvalue weighted by Crippen LogP contribution is -3.00. The molecule has 0 saturated heterocycles. The van der Waals surface area contributed by atoms with Crippen molar-refractivity contribution in [2.45, 2.75) is 56.8 Å². The molecular formula is C19H23BrClN3O. The van der Waals surface area contributed by atoms with Gasteiger partial charge >= 0.3 is 5.95 Å². The number of halogens is 2. The molecular weight excluding hydrogens is 402 g/mol. The number of aliphatic hydroxyl groups is 1. The summed E-state index contributed by atoms with van der Waals surface area (Å²) in [5.41, 5.74) is -0.192. The molecule has 4 nitrogen and oxygen atoms in total. The van der Waals surface area contributed by atoms with E-state index in [0.29, 0.717) is 17.6 Å². The number of rotatable bonds is 2. The van der Waals surface area contributed by atoms with Crippen LogP contribution in [0.4, 0.5) is 5.95 Å². The molecule has 0 amide bonds. The predicted molar refractivity (Wildman–Crippen MR) is 93.7 cm³/mol. The van der Waals surface area contributed by atoms with E-state index >= 15 is 0 Å². The number of hydrogen-bond acceptors (Lipinski definition) is 3. The lowest BCUT2D eigenvalue weighted by Gasteiger charge is -2.34. The molecule has 1 saturated carbocycles. The molecule has 1 aliphatic heterocycles. The van der Waals surface area contributed by atoms with Crippen LogP contribution in [0, 0.1) is 0 Å². The second-order valence-corrected chi connectivity index (χ2v) is 7.32. The van der Waals surface area contributed by atoms with E-state index < -0.39 is 5.72 Å². The van der Waals surface area contributed by atoms with E-state index in [0.717, 1.165) is 24.4 Å². The molecule has 2 aromatic rings. The molecule has 134 valence electrons. The Labute approximate surface area is 164 Å². The fraction of sp³-hybridized carbons (Fsp3) is 0.474. The minimum atomic E-state index is -1.07. The van der Waals surface area contributed by atoms with Gasteiger partial charge in [0.05, 0.1) is 12.2 Å². The Balaban J connectivity index is 0.00000182. The van der Waals surface area contributed by atoms with Gasteiger partial charge in [-0.25, -0.2) is 9.47 Å². The summed E-state index contributed by atoms with van der Waals surface area (Å²) in [6.45, 7) is 0.494. The van der Waals surface area contributed by atoms with Crippen molar-refractivity contribution in [3.8, 4) is 0 Å². The van der Waals surface area contributed by atoms with Crippen LogP contribution in [0.5, 0.6) is 0 Å². The second-order valence-electron chi connectivity index (χ2n) is 6.89. The number of fused-ring (bicyclic) bond motifs is 1. The molecule has 6 heteroatoms. The van der Waals surface area contributed by atoms with E-state index in [2.05, 4.69) is 14.5 Å². The average Bonchev–Trinajstić information content (AvgIpc) is 2.74. The van der Waals surface area contributed by atoms with Crippen molar-refractivity contribution >= 4 is 17.5 Å². The lowest BCUT2D eigenvalue weighted by atomic mass is 9.97. The van der Waals surface area contributed by atoms with Crippen LogP contribution in [0.25, 0.3) is 0 Å². The van der Waals surface area contributed by atoms with E-state index in [1.165, 1.54) is 25.7 Å². The number of aromatic nitrogens is 2. The van der Waals surface area contributed by atoms with Crippen LogP contribution in [0.1, 0.15) is 44.1 Å². The zero-order valence-electron chi connectivity index (χ0n) is 14.1. The van der Waals surface area contributed by atoms with Gasteiger partial charge in [0.15, 0.2) is 0 Å². The van der Waals surface area contributed by atoms with E-state index in [-0.39, 0.29) is 17.0 Å². The fourth-order valence-corrected chi connectivity index (χ4v) is 4.25. The van der Waals surface area contributed by atoms with Crippen LogP contribution in [0.2, 0.25) is 5.02 Å². The number of hydrogen-bond donors (Lipinski definition) is 1. The molecule has 0 unspecified atom stereocenters. The van der Waals surface area contributed by atoms with Gasteiger partial charge in [-0.2, -0.15) is 0 Å². The predicted octanol–water partition coefficient (Wildman–Crippen LogP) is 0.415. The highest BCUT2D eigenvalue weighted by molar-refractivity contribution is 6.30. The Bertz CT molecular complexity index is 719. The summed E-state index contributed by atoms with van der Waals surface area (Å²) >= 11 is 6.05. The molecule has 1 aromatic carbocycles. The van der Waals surface area contributed by atoms with Crippen molar-refractivity contribution in [3.63, 3.8) is 0 Å². The summed E-state index contributed by atoms with van der Waals surface area (Å²) in [5.74, 6) is 0.863. The van der Waals surface area contributed by atoms with Crippen LogP contribution < -0.4 is 26.4 Å². The largest absolute Gasteiger partial charge is 1.00 e. The van der Waals surface area contributed by atoms with Gasteiger partial charge in [-0.1, -0.05) is 54.4 Å². The van der Waals surface area contributed by atoms with Crippen LogP contribution in [0.3, 0.4) is 0 Å². The summed E-state index contributed by atoms with van der Waals surface area (Å²) in [6.07, 6.45) is 11.0. The van der Waals surface area contributed by atoms with Gasteiger partial charge in [0.1, 0.15) is 12.7 Å². The molecule has 2 heterocycles. The minimum Gasteiger partial charge on any atom is -1.00 e. The van der Waals surface area contributed by atoms with Gasteiger partial charge < -0.3 is 22.1 Å². The van der Waals surface area contributed by atoms with E-state index in [1.807, 2.05) is 42.7 Å². The third-order valence-electron chi connectivity index (χ3n) is 5.30. The van der Waals surface area contributed by atoms with Crippen molar-refractivity contribution in [1.82, 2.24) is 4.98 Å². The van der Waals surface area contributed by atoms with Crippen molar-refractivity contribution in [2.24, 2.45) is 0 Å². The molecule has 1 fully saturated rings. The monoisotopic (exact) mass is 423 g/mol.